The predicted octanol–water partition coefficient (Wildman–Crippen LogP) is 3.24. The van der Waals surface area contributed by atoms with Crippen molar-refractivity contribution < 1.29 is 9.90 Å². The number of carbonyl (C=O) groups is 1. The Labute approximate surface area is 169 Å². The molecule has 0 radical (unpaired) electrons. The van der Waals surface area contributed by atoms with E-state index in [0.29, 0.717) is 17.3 Å². The number of aryl methyl sites for hydroxylation is 1. The van der Waals surface area contributed by atoms with Crippen molar-refractivity contribution in [2.45, 2.75) is 19.8 Å². The fraction of sp³-hybridized carbons (Fsp3) is 0.318. The van der Waals surface area contributed by atoms with Crippen molar-refractivity contribution >= 4 is 17.3 Å². The molecule has 3 aromatic rings. The number of aliphatic hydroxyl groups excluding tert-OH is 1. The van der Waals surface area contributed by atoms with Gasteiger partial charge in [-0.3, -0.25) is 9.89 Å². The third-order valence-electron chi connectivity index (χ3n) is 5.37. The molecule has 0 spiro atoms. The molecule has 7 heteroatoms. The molecule has 0 unspecified atom stereocenters. The Morgan fingerprint density at radius 3 is 2.79 bits per heavy atom. The number of carbonyl (C=O) groups excluding carboxylic acids is 1. The van der Waals surface area contributed by atoms with Crippen LogP contribution in [0.25, 0.3) is 11.4 Å². The van der Waals surface area contributed by atoms with E-state index in [1.807, 2.05) is 37.3 Å². The Morgan fingerprint density at radius 2 is 2.07 bits per heavy atom. The van der Waals surface area contributed by atoms with Crippen molar-refractivity contribution in [1.29, 1.82) is 0 Å². The fourth-order valence-electron chi connectivity index (χ4n) is 3.66. The fourth-order valence-corrected chi connectivity index (χ4v) is 3.66. The predicted molar refractivity (Wildman–Crippen MR) is 113 cm³/mol. The molecule has 1 saturated heterocycles. The molecule has 150 valence electrons. The van der Waals surface area contributed by atoms with Crippen LogP contribution < -0.4 is 10.2 Å². The normalized spacial score (nSPS) is 14.8. The van der Waals surface area contributed by atoms with Gasteiger partial charge in [-0.05, 0) is 61.6 Å². The van der Waals surface area contributed by atoms with E-state index in [0.717, 1.165) is 48.6 Å². The third kappa shape index (κ3) is 4.30. The molecule has 1 aliphatic rings. The van der Waals surface area contributed by atoms with Crippen LogP contribution in [-0.4, -0.2) is 45.9 Å². The highest BCUT2D eigenvalue weighted by Crippen LogP contribution is 2.31. The molecule has 3 N–H and O–H groups in total. The number of piperidine rings is 1. The van der Waals surface area contributed by atoms with Gasteiger partial charge in [-0.1, -0.05) is 12.1 Å². The zero-order chi connectivity index (χ0) is 20.2. The maximum atomic E-state index is 12.9. The first-order chi connectivity index (χ1) is 14.1. The summed E-state index contributed by atoms with van der Waals surface area (Å²) in [6, 6.07) is 13.2. The Balaban J connectivity index is 1.55. The number of hydrogen-bond acceptors (Lipinski definition) is 5. The number of aromatic amines is 1. The Hall–Kier alpha value is -3.19. The minimum Gasteiger partial charge on any atom is -0.396 e. The summed E-state index contributed by atoms with van der Waals surface area (Å²) in [5, 5.41) is 19.2. The zero-order valence-electron chi connectivity index (χ0n) is 16.4. The number of rotatable bonds is 5. The van der Waals surface area contributed by atoms with Gasteiger partial charge in [-0.25, -0.2) is 4.98 Å². The van der Waals surface area contributed by atoms with Gasteiger partial charge in [0.25, 0.3) is 5.91 Å². The number of amides is 1. The van der Waals surface area contributed by atoms with Gasteiger partial charge in [0.15, 0.2) is 0 Å². The first-order valence-corrected chi connectivity index (χ1v) is 9.88. The van der Waals surface area contributed by atoms with E-state index in [-0.39, 0.29) is 12.5 Å². The highest BCUT2D eigenvalue weighted by Gasteiger charge is 2.21. The van der Waals surface area contributed by atoms with Crippen LogP contribution in [0, 0.1) is 12.8 Å². The minimum atomic E-state index is -0.248. The van der Waals surface area contributed by atoms with E-state index >= 15 is 0 Å². The number of hydrogen-bond donors (Lipinski definition) is 3. The number of aromatic nitrogens is 3. The van der Waals surface area contributed by atoms with Gasteiger partial charge in [0.2, 0.25) is 0 Å². The van der Waals surface area contributed by atoms with Crippen molar-refractivity contribution in [3.63, 3.8) is 0 Å². The maximum Gasteiger partial charge on any atom is 0.274 e. The highest BCUT2D eigenvalue weighted by atomic mass is 16.3. The van der Waals surface area contributed by atoms with Crippen LogP contribution in [0.2, 0.25) is 0 Å². The van der Waals surface area contributed by atoms with Crippen LogP contribution in [0.3, 0.4) is 0 Å². The van der Waals surface area contributed by atoms with Crippen molar-refractivity contribution in [3.8, 4) is 11.4 Å². The van der Waals surface area contributed by atoms with E-state index in [9.17, 15) is 9.90 Å². The Morgan fingerprint density at radius 1 is 1.24 bits per heavy atom. The topological polar surface area (TPSA) is 94.1 Å². The van der Waals surface area contributed by atoms with E-state index in [1.165, 1.54) is 0 Å². The molecule has 4 rings (SSSR count). The van der Waals surface area contributed by atoms with Gasteiger partial charge in [0, 0.05) is 25.9 Å². The molecule has 0 bridgehead atoms. The number of nitrogens with zero attached hydrogens (tertiary/aromatic N) is 3. The maximum absolute atomic E-state index is 12.9. The van der Waals surface area contributed by atoms with Gasteiger partial charge >= 0.3 is 0 Å². The monoisotopic (exact) mass is 391 g/mol. The van der Waals surface area contributed by atoms with Crippen LogP contribution in [0.1, 0.15) is 28.9 Å². The van der Waals surface area contributed by atoms with Gasteiger partial charge in [0.1, 0.15) is 5.69 Å². The molecular formula is C22H25N5O2. The molecule has 0 atom stereocenters. The van der Waals surface area contributed by atoms with Gasteiger partial charge < -0.3 is 15.3 Å². The smallest absolute Gasteiger partial charge is 0.274 e. The molecular weight excluding hydrogens is 366 g/mol. The van der Waals surface area contributed by atoms with Crippen LogP contribution in [0.4, 0.5) is 11.4 Å². The Kier molecular flexibility index (Phi) is 5.57. The molecule has 2 aromatic heterocycles. The van der Waals surface area contributed by atoms with Crippen molar-refractivity contribution in [2.75, 3.05) is 29.9 Å². The molecule has 29 heavy (non-hydrogen) atoms. The van der Waals surface area contributed by atoms with Crippen LogP contribution in [0.5, 0.6) is 0 Å². The summed E-state index contributed by atoms with van der Waals surface area (Å²) in [4.78, 5) is 19.7. The lowest BCUT2D eigenvalue weighted by Gasteiger charge is -2.34. The number of pyridine rings is 1. The van der Waals surface area contributed by atoms with Gasteiger partial charge in [-0.2, -0.15) is 5.10 Å². The lowest BCUT2D eigenvalue weighted by Crippen LogP contribution is -2.35. The number of nitrogens with one attached hydrogen (secondary N) is 2. The van der Waals surface area contributed by atoms with Crippen LogP contribution in [-0.2, 0) is 0 Å². The second kappa shape index (κ2) is 8.45. The molecule has 1 amide bonds. The van der Waals surface area contributed by atoms with E-state index < -0.39 is 0 Å². The highest BCUT2D eigenvalue weighted by molar-refractivity contribution is 6.05. The van der Waals surface area contributed by atoms with Crippen molar-refractivity contribution in [1.82, 2.24) is 15.2 Å². The first-order valence-electron chi connectivity index (χ1n) is 9.88. The first kappa shape index (κ1) is 19.1. The van der Waals surface area contributed by atoms with E-state index in [2.05, 4.69) is 31.5 Å². The molecule has 1 aromatic carbocycles. The standard InChI is InChI=1S/C22H25N5O2/c1-15-5-6-19(21(13-15)27-11-8-16(14-28)9-12-27)25-22(29)20-4-2-3-17(24-20)18-7-10-23-26-18/h2-7,10,13,16,28H,8-9,11-12,14H2,1H3,(H,23,26)(H,25,29). The van der Waals surface area contributed by atoms with Gasteiger partial charge in [-0.15, -0.1) is 0 Å². The molecule has 1 aliphatic heterocycles. The second-order valence-corrected chi connectivity index (χ2v) is 7.47. The summed E-state index contributed by atoms with van der Waals surface area (Å²) < 4.78 is 0. The van der Waals surface area contributed by atoms with E-state index in [1.54, 1.807) is 12.3 Å². The Bertz CT molecular complexity index is 979. The second-order valence-electron chi connectivity index (χ2n) is 7.47. The quantitative estimate of drug-likeness (QED) is 0.621. The lowest BCUT2D eigenvalue weighted by atomic mass is 9.97. The molecule has 1 fully saturated rings. The lowest BCUT2D eigenvalue weighted by molar-refractivity contribution is 0.102. The summed E-state index contributed by atoms with van der Waals surface area (Å²) in [5.41, 5.74) is 4.72. The summed E-state index contributed by atoms with van der Waals surface area (Å²) >= 11 is 0. The molecule has 7 nitrogen and oxygen atoms in total. The zero-order valence-corrected chi connectivity index (χ0v) is 16.4. The summed E-state index contributed by atoms with van der Waals surface area (Å²) in [6.07, 6.45) is 3.56. The summed E-state index contributed by atoms with van der Waals surface area (Å²) in [7, 11) is 0. The van der Waals surface area contributed by atoms with E-state index in [4.69, 9.17) is 0 Å². The largest absolute Gasteiger partial charge is 0.396 e. The van der Waals surface area contributed by atoms with Crippen molar-refractivity contribution in [2.24, 2.45) is 5.92 Å². The molecule has 3 heterocycles. The molecule has 0 saturated carbocycles. The summed E-state index contributed by atoms with van der Waals surface area (Å²) in [6.45, 7) is 4.02. The minimum absolute atomic E-state index is 0.240. The third-order valence-corrected chi connectivity index (χ3v) is 5.37. The number of anilines is 2. The number of aliphatic hydroxyl groups is 1. The average molecular weight is 391 g/mol. The number of H-pyrrole nitrogens is 1. The summed E-state index contributed by atoms with van der Waals surface area (Å²) in [5.74, 6) is 0.116. The van der Waals surface area contributed by atoms with Gasteiger partial charge in [0.05, 0.1) is 22.8 Å². The average Bonchev–Trinajstić information content (AvgIpc) is 3.30. The number of benzene rings is 1. The van der Waals surface area contributed by atoms with Crippen LogP contribution in [0.15, 0.2) is 48.7 Å². The van der Waals surface area contributed by atoms with Crippen LogP contribution >= 0.6 is 0 Å². The van der Waals surface area contributed by atoms with Crippen molar-refractivity contribution in [3.05, 3.63) is 59.9 Å². The molecule has 0 aliphatic carbocycles. The SMILES string of the molecule is Cc1ccc(NC(=O)c2cccc(-c3ccn[nH]3)n2)c(N2CCC(CO)CC2)c1.